The second-order valence-electron chi connectivity index (χ2n) is 4.31. The first-order valence-electron chi connectivity index (χ1n) is 6.15. The summed E-state index contributed by atoms with van der Waals surface area (Å²) in [5.41, 5.74) is -0.474. The van der Waals surface area contributed by atoms with Crippen LogP contribution in [0.3, 0.4) is 0 Å². The Morgan fingerprint density at radius 2 is 2.14 bits per heavy atom. The van der Waals surface area contributed by atoms with Gasteiger partial charge >= 0.3 is 12.1 Å². The number of hydrogen-bond donors (Lipinski definition) is 1. The highest BCUT2D eigenvalue weighted by atomic mass is 32.2. The lowest BCUT2D eigenvalue weighted by molar-refractivity contribution is -0.144. The maximum Gasteiger partial charge on any atom is 0.416 e. The molecule has 21 heavy (non-hydrogen) atoms. The average molecular weight is 319 g/mol. The molecule has 8 heteroatoms. The molecule has 0 saturated heterocycles. The number of esters is 1. The third kappa shape index (κ3) is 3.69. The first-order chi connectivity index (χ1) is 9.81. The zero-order valence-electron chi connectivity index (χ0n) is 11.0. The molecule has 1 aromatic rings. The third-order valence-electron chi connectivity index (χ3n) is 2.79. The molecular formula is C13H12F3NO3S. The predicted octanol–water partition coefficient (Wildman–Crippen LogP) is 3.07. The molecule has 1 N–H and O–H groups in total. The summed E-state index contributed by atoms with van der Waals surface area (Å²) >= 11 is 0.937. The average Bonchev–Trinajstić information content (AvgIpc) is 2.38. The maximum atomic E-state index is 12.7. The Labute approximate surface area is 123 Å². The van der Waals surface area contributed by atoms with E-state index in [4.69, 9.17) is 4.74 Å². The Morgan fingerprint density at radius 1 is 1.43 bits per heavy atom. The number of nitrogens with one attached hydrogen (secondary N) is 1. The van der Waals surface area contributed by atoms with E-state index in [1.54, 1.807) is 6.92 Å². The molecule has 1 aromatic carbocycles. The first-order valence-corrected chi connectivity index (χ1v) is 7.03. The van der Waals surface area contributed by atoms with Gasteiger partial charge in [0.25, 0.3) is 0 Å². The molecular weight excluding hydrogens is 307 g/mol. The van der Waals surface area contributed by atoms with Gasteiger partial charge in [-0.1, -0.05) is 0 Å². The summed E-state index contributed by atoms with van der Waals surface area (Å²) in [6.07, 6.45) is -4.63. The molecule has 1 unspecified atom stereocenters. The zero-order chi connectivity index (χ0) is 15.6. The zero-order valence-corrected chi connectivity index (χ0v) is 11.8. The van der Waals surface area contributed by atoms with Crippen molar-refractivity contribution in [1.29, 1.82) is 0 Å². The van der Waals surface area contributed by atoms with Crippen LogP contribution in [-0.4, -0.2) is 23.7 Å². The van der Waals surface area contributed by atoms with Crippen molar-refractivity contribution in [2.45, 2.75) is 29.7 Å². The van der Waals surface area contributed by atoms with Gasteiger partial charge in [-0.15, -0.1) is 11.8 Å². The van der Waals surface area contributed by atoms with E-state index in [9.17, 15) is 22.8 Å². The lowest BCUT2D eigenvalue weighted by Crippen LogP contribution is -2.31. The van der Waals surface area contributed by atoms with Gasteiger partial charge in [-0.05, 0) is 25.1 Å². The molecule has 1 aliphatic heterocycles. The van der Waals surface area contributed by atoms with E-state index in [0.29, 0.717) is 10.6 Å². The van der Waals surface area contributed by atoms with Crippen LogP contribution in [-0.2, 0) is 20.5 Å². The van der Waals surface area contributed by atoms with Crippen LogP contribution in [0, 0.1) is 0 Å². The van der Waals surface area contributed by atoms with Gasteiger partial charge in [-0.25, -0.2) is 0 Å². The van der Waals surface area contributed by atoms with Gasteiger partial charge in [-0.2, -0.15) is 13.2 Å². The molecule has 114 valence electrons. The van der Waals surface area contributed by atoms with E-state index < -0.39 is 28.9 Å². The molecule has 2 rings (SSSR count). The summed E-state index contributed by atoms with van der Waals surface area (Å²) in [5, 5.41) is 1.71. The molecule has 1 amide bonds. The lowest BCUT2D eigenvalue weighted by atomic mass is 10.2. The van der Waals surface area contributed by atoms with E-state index in [1.807, 2.05) is 0 Å². The van der Waals surface area contributed by atoms with Crippen molar-refractivity contribution in [2.75, 3.05) is 11.9 Å². The number of anilines is 1. The minimum absolute atomic E-state index is 0.181. The Hall–Kier alpha value is -1.70. The van der Waals surface area contributed by atoms with Gasteiger partial charge in [0.1, 0.15) is 0 Å². The van der Waals surface area contributed by atoms with Crippen molar-refractivity contribution in [2.24, 2.45) is 0 Å². The van der Waals surface area contributed by atoms with E-state index in [2.05, 4.69) is 5.32 Å². The summed E-state index contributed by atoms with van der Waals surface area (Å²) in [6, 6.07) is 3.09. The van der Waals surface area contributed by atoms with Crippen LogP contribution in [0.5, 0.6) is 0 Å². The van der Waals surface area contributed by atoms with E-state index in [0.717, 1.165) is 23.9 Å². The number of fused-ring (bicyclic) bond motifs is 1. The largest absolute Gasteiger partial charge is 0.466 e. The molecule has 0 fully saturated rings. The fourth-order valence-corrected chi connectivity index (χ4v) is 2.96. The normalized spacial score (nSPS) is 17.9. The van der Waals surface area contributed by atoms with Crippen molar-refractivity contribution < 1.29 is 27.5 Å². The maximum absolute atomic E-state index is 12.7. The monoisotopic (exact) mass is 319 g/mol. The van der Waals surface area contributed by atoms with Crippen molar-refractivity contribution >= 4 is 29.3 Å². The van der Waals surface area contributed by atoms with Crippen LogP contribution in [0.15, 0.2) is 23.1 Å². The Bertz CT molecular complexity index is 574. The molecule has 1 atom stereocenters. The van der Waals surface area contributed by atoms with Crippen LogP contribution in [0.2, 0.25) is 0 Å². The number of benzene rings is 1. The summed E-state index contributed by atoms with van der Waals surface area (Å²) in [5.74, 6) is -0.971. The number of rotatable bonds is 3. The Kier molecular flexibility index (Phi) is 4.46. The van der Waals surface area contributed by atoms with Crippen LogP contribution in [0.1, 0.15) is 18.9 Å². The molecule has 0 saturated carbocycles. The molecule has 0 aromatic heterocycles. The summed E-state index contributed by atoms with van der Waals surface area (Å²) in [6.45, 7) is 1.82. The number of hydrogen-bond acceptors (Lipinski definition) is 4. The molecule has 1 heterocycles. The standard InChI is InChI=1S/C13H12F3NO3S/c1-2-20-11(18)6-10-12(19)17-8-4-3-7(13(14,15)16)5-9(8)21-10/h3-5,10H,2,6H2,1H3,(H,17,19). The van der Waals surface area contributed by atoms with Crippen molar-refractivity contribution in [3.63, 3.8) is 0 Å². The second-order valence-corrected chi connectivity index (χ2v) is 5.56. The number of halogens is 3. The topological polar surface area (TPSA) is 55.4 Å². The smallest absolute Gasteiger partial charge is 0.416 e. The van der Waals surface area contributed by atoms with Crippen LogP contribution < -0.4 is 5.32 Å². The van der Waals surface area contributed by atoms with Crippen LogP contribution >= 0.6 is 11.8 Å². The van der Waals surface area contributed by atoms with Gasteiger partial charge in [0, 0.05) is 4.90 Å². The van der Waals surface area contributed by atoms with Crippen molar-refractivity contribution in [3.8, 4) is 0 Å². The van der Waals surface area contributed by atoms with E-state index in [-0.39, 0.29) is 13.0 Å². The Morgan fingerprint density at radius 3 is 2.76 bits per heavy atom. The molecule has 4 nitrogen and oxygen atoms in total. The quantitative estimate of drug-likeness (QED) is 0.870. The number of carbonyl (C=O) groups excluding carboxylic acids is 2. The number of thioether (sulfide) groups is 1. The highest BCUT2D eigenvalue weighted by Crippen LogP contribution is 2.40. The first kappa shape index (κ1) is 15.7. The minimum atomic E-state index is -4.45. The van der Waals surface area contributed by atoms with Gasteiger partial charge in [-0.3, -0.25) is 9.59 Å². The lowest BCUT2D eigenvalue weighted by Gasteiger charge is -2.24. The number of alkyl halides is 3. The molecule has 1 aliphatic rings. The van der Waals surface area contributed by atoms with E-state index >= 15 is 0 Å². The molecule has 0 bridgehead atoms. The molecule has 0 aliphatic carbocycles. The van der Waals surface area contributed by atoms with E-state index in [1.165, 1.54) is 6.07 Å². The fourth-order valence-electron chi connectivity index (χ4n) is 1.83. The predicted molar refractivity (Wildman–Crippen MR) is 71.0 cm³/mol. The fraction of sp³-hybridized carbons (Fsp3) is 0.385. The SMILES string of the molecule is CCOC(=O)CC1Sc2cc(C(F)(F)F)ccc2NC1=O. The van der Waals surface area contributed by atoms with Gasteiger partial charge < -0.3 is 10.1 Å². The highest BCUT2D eigenvalue weighted by Gasteiger charge is 2.34. The number of amides is 1. The van der Waals surface area contributed by atoms with Gasteiger partial charge in [0.05, 0.1) is 29.5 Å². The second kappa shape index (κ2) is 5.97. The summed E-state index contributed by atoms with van der Waals surface area (Å²) < 4.78 is 42.8. The van der Waals surface area contributed by atoms with Gasteiger partial charge in [0.15, 0.2) is 0 Å². The number of ether oxygens (including phenoxy) is 1. The van der Waals surface area contributed by atoms with Gasteiger partial charge in [0.2, 0.25) is 5.91 Å². The number of carbonyl (C=O) groups is 2. The minimum Gasteiger partial charge on any atom is -0.466 e. The summed E-state index contributed by atoms with van der Waals surface area (Å²) in [7, 11) is 0. The van der Waals surface area contributed by atoms with Crippen LogP contribution in [0.25, 0.3) is 0 Å². The molecule has 0 spiro atoms. The highest BCUT2D eigenvalue weighted by molar-refractivity contribution is 8.01. The van der Waals surface area contributed by atoms with Crippen LogP contribution in [0.4, 0.5) is 18.9 Å². The molecule has 0 radical (unpaired) electrons. The Balaban J connectivity index is 2.20. The van der Waals surface area contributed by atoms with Crippen molar-refractivity contribution in [3.05, 3.63) is 23.8 Å². The van der Waals surface area contributed by atoms with Crippen molar-refractivity contribution in [1.82, 2.24) is 0 Å². The third-order valence-corrected chi connectivity index (χ3v) is 4.04. The summed E-state index contributed by atoms with van der Waals surface area (Å²) in [4.78, 5) is 23.5.